The summed E-state index contributed by atoms with van der Waals surface area (Å²) in [5.41, 5.74) is 1.83. The number of amides is 1. The summed E-state index contributed by atoms with van der Waals surface area (Å²) in [4.78, 5) is 25.4. The van der Waals surface area contributed by atoms with E-state index >= 15 is 0 Å². The number of hydrogen-bond acceptors (Lipinski definition) is 6. The molecule has 9 nitrogen and oxygen atoms in total. The Morgan fingerprint density at radius 1 is 1.32 bits per heavy atom. The molecule has 2 aromatic rings. The molecule has 0 aliphatic carbocycles. The molecule has 1 aromatic heterocycles. The zero-order chi connectivity index (χ0) is 15.5. The number of hydrogen-bond donors (Lipinski definition) is 0. The molecule has 1 aliphatic rings. The first kappa shape index (κ1) is 13.9. The Labute approximate surface area is 125 Å². The van der Waals surface area contributed by atoms with Gasteiger partial charge in [0.1, 0.15) is 6.54 Å². The first-order chi connectivity index (χ1) is 10.6. The minimum atomic E-state index is -0.706. The van der Waals surface area contributed by atoms with Gasteiger partial charge in [-0.3, -0.25) is 4.79 Å². The maximum absolute atomic E-state index is 12.1. The monoisotopic (exact) mass is 300 g/mol. The molecule has 0 N–H and O–H groups in total. The lowest BCUT2D eigenvalue weighted by Gasteiger charge is -2.09. The molecule has 112 valence electrons. The van der Waals surface area contributed by atoms with Crippen molar-refractivity contribution in [1.29, 1.82) is 0 Å². The maximum atomic E-state index is 12.1. The molecular formula is C13H12N6O3. The largest absolute Gasteiger partial charge is 0.490 e. The second-order valence-corrected chi connectivity index (χ2v) is 4.68. The van der Waals surface area contributed by atoms with Crippen LogP contribution in [0.25, 0.3) is 0 Å². The quantitative estimate of drug-likeness (QED) is 0.614. The maximum Gasteiger partial charge on any atom is 0.490 e. The number of carbonyl (C=O) groups excluding carboxylic acids is 1. The minimum absolute atomic E-state index is 0.133. The van der Waals surface area contributed by atoms with Gasteiger partial charge in [0, 0.05) is 11.5 Å². The summed E-state index contributed by atoms with van der Waals surface area (Å²) < 4.78 is 1.14. The van der Waals surface area contributed by atoms with Gasteiger partial charge in [-0.15, -0.1) is 0 Å². The van der Waals surface area contributed by atoms with Gasteiger partial charge in [0.25, 0.3) is 5.91 Å². The number of nitro groups is 1. The number of aromatic nitrogens is 3. The second-order valence-electron chi connectivity index (χ2n) is 4.68. The highest BCUT2D eigenvalue weighted by atomic mass is 16.6. The van der Waals surface area contributed by atoms with E-state index in [0.29, 0.717) is 13.0 Å². The first-order valence-electron chi connectivity index (χ1n) is 6.60. The van der Waals surface area contributed by atoms with E-state index in [1.54, 1.807) is 0 Å². The van der Waals surface area contributed by atoms with E-state index in [2.05, 4.69) is 15.2 Å². The normalized spacial score (nSPS) is 14.0. The van der Waals surface area contributed by atoms with Gasteiger partial charge in [-0.2, -0.15) is 9.78 Å². The molecule has 1 amide bonds. The van der Waals surface area contributed by atoms with Crippen molar-refractivity contribution in [3.8, 4) is 0 Å². The molecule has 9 heteroatoms. The van der Waals surface area contributed by atoms with Crippen LogP contribution in [0.1, 0.15) is 12.0 Å². The van der Waals surface area contributed by atoms with Crippen molar-refractivity contribution in [3.63, 3.8) is 0 Å². The van der Waals surface area contributed by atoms with E-state index in [1.807, 2.05) is 30.3 Å². The van der Waals surface area contributed by atoms with E-state index in [-0.39, 0.29) is 12.5 Å². The van der Waals surface area contributed by atoms with E-state index in [1.165, 1.54) is 5.01 Å². The topological polar surface area (TPSA) is 107 Å². The van der Waals surface area contributed by atoms with Crippen molar-refractivity contribution >= 4 is 17.6 Å². The van der Waals surface area contributed by atoms with Crippen LogP contribution >= 0.6 is 0 Å². The predicted octanol–water partition coefficient (Wildman–Crippen LogP) is 0.823. The van der Waals surface area contributed by atoms with Gasteiger partial charge in [-0.05, 0) is 10.5 Å². The average Bonchev–Trinajstić information content (AvgIpc) is 3.17. The van der Waals surface area contributed by atoms with Gasteiger partial charge in [0.15, 0.2) is 0 Å². The highest BCUT2D eigenvalue weighted by molar-refractivity contribution is 6.02. The molecule has 1 aromatic carbocycles. The zero-order valence-electron chi connectivity index (χ0n) is 11.5. The third kappa shape index (κ3) is 2.82. The molecule has 3 rings (SSSR count). The van der Waals surface area contributed by atoms with Crippen molar-refractivity contribution in [2.75, 3.05) is 6.54 Å². The fourth-order valence-corrected chi connectivity index (χ4v) is 2.14. The fourth-order valence-electron chi connectivity index (χ4n) is 2.14. The summed E-state index contributed by atoms with van der Waals surface area (Å²) in [7, 11) is 0. The Bertz CT molecular complexity index is 739. The van der Waals surface area contributed by atoms with Crippen LogP contribution in [-0.2, 0) is 11.3 Å². The zero-order valence-corrected chi connectivity index (χ0v) is 11.5. The van der Waals surface area contributed by atoms with Gasteiger partial charge < -0.3 is 10.1 Å². The van der Waals surface area contributed by atoms with Crippen LogP contribution in [0.5, 0.6) is 0 Å². The molecule has 0 fully saturated rings. The summed E-state index contributed by atoms with van der Waals surface area (Å²) in [5.74, 6) is -0.812. The average molecular weight is 300 g/mol. The van der Waals surface area contributed by atoms with Gasteiger partial charge >= 0.3 is 5.95 Å². The molecule has 2 heterocycles. The van der Waals surface area contributed by atoms with E-state index in [4.69, 9.17) is 0 Å². The van der Waals surface area contributed by atoms with Crippen molar-refractivity contribution in [1.82, 2.24) is 19.8 Å². The van der Waals surface area contributed by atoms with Crippen LogP contribution < -0.4 is 0 Å². The van der Waals surface area contributed by atoms with E-state index in [0.717, 1.165) is 22.3 Å². The highest BCUT2D eigenvalue weighted by Crippen LogP contribution is 2.14. The molecule has 0 saturated heterocycles. The van der Waals surface area contributed by atoms with Crippen LogP contribution in [0.2, 0.25) is 0 Å². The number of benzene rings is 1. The third-order valence-corrected chi connectivity index (χ3v) is 3.18. The van der Waals surface area contributed by atoms with Crippen molar-refractivity contribution in [2.24, 2.45) is 5.10 Å². The Hall–Kier alpha value is -3.10. The molecule has 0 saturated carbocycles. The van der Waals surface area contributed by atoms with Crippen LogP contribution in [0.3, 0.4) is 0 Å². The Kier molecular flexibility index (Phi) is 3.60. The molecular weight excluding hydrogens is 288 g/mol. The van der Waals surface area contributed by atoms with Gasteiger partial charge in [0.05, 0.1) is 12.3 Å². The third-order valence-electron chi connectivity index (χ3n) is 3.18. The summed E-state index contributed by atoms with van der Waals surface area (Å²) in [6, 6.07) is 9.62. The summed E-state index contributed by atoms with van der Waals surface area (Å²) in [6.07, 6.45) is 1.83. The van der Waals surface area contributed by atoms with Crippen LogP contribution in [0.15, 0.2) is 41.8 Å². The number of carbonyl (C=O) groups is 1. The van der Waals surface area contributed by atoms with Crippen LogP contribution in [0.4, 0.5) is 5.95 Å². The fraction of sp³-hybridized carbons (Fsp3) is 0.231. The minimum Gasteiger partial charge on any atom is -0.390 e. The summed E-state index contributed by atoms with van der Waals surface area (Å²) in [5, 5.41) is 19.8. The lowest BCUT2D eigenvalue weighted by molar-refractivity contribution is -0.394. The number of nitrogens with zero attached hydrogens (tertiary/aromatic N) is 6. The van der Waals surface area contributed by atoms with Crippen LogP contribution in [-0.4, -0.2) is 42.9 Å². The Morgan fingerprint density at radius 3 is 2.77 bits per heavy atom. The Balaban J connectivity index is 1.68. The van der Waals surface area contributed by atoms with Gasteiger partial charge in [0.2, 0.25) is 6.33 Å². The standard InChI is InChI=1S/C13H12N6O3/c20-12(8-17-9-14-13(16-17)19(21)22)18-7-6-11(15-18)10-4-2-1-3-5-10/h1-5,9H,6-8H2. The number of rotatable bonds is 4. The lowest BCUT2D eigenvalue weighted by atomic mass is 10.1. The van der Waals surface area contributed by atoms with Crippen molar-refractivity contribution in [3.05, 3.63) is 52.3 Å². The molecule has 1 aliphatic heterocycles. The summed E-state index contributed by atoms with van der Waals surface area (Å²) >= 11 is 0. The molecule has 22 heavy (non-hydrogen) atoms. The smallest absolute Gasteiger partial charge is 0.390 e. The molecule has 0 spiro atoms. The first-order valence-corrected chi connectivity index (χ1v) is 6.60. The SMILES string of the molecule is O=C(Cn1cnc([N+](=O)[O-])n1)N1CCC(c2ccccc2)=N1. The highest BCUT2D eigenvalue weighted by Gasteiger charge is 2.23. The second kappa shape index (κ2) is 5.72. The van der Waals surface area contributed by atoms with Crippen molar-refractivity contribution in [2.45, 2.75) is 13.0 Å². The molecule has 0 atom stereocenters. The molecule has 0 bridgehead atoms. The van der Waals surface area contributed by atoms with E-state index in [9.17, 15) is 14.9 Å². The lowest BCUT2D eigenvalue weighted by Crippen LogP contribution is -2.27. The number of hydrazone groups is 1. The predicted molar refractivity (Wildman–Crippen MR) is 76.0 cm³/mol. The Morgan fingerprint density at radius 2 is 2.09 bits per heavy atom. The van der Waals surface area contributed by atoms with Gasteiger partial charge in [-0.1, -0.05) is 35.3 Å². The van der Waals surface area contributed by atoms with Gasteiger partial charge in [-0.25, -0.2) is 5.01 Å². The van der Waals surface area contributed by atoms with Crippen molar-refractivity contribution < 1.29 is 9.72 Å². The summed E-state index contributed by atoms with van der Waals surface area (Å²) in [6.45, 7) is 0.353. The van der Waals surface area contributed by atoms with Crippen LogP contribution in [0, 0.1) is 10.1 Å². The van der Waals surface area contributed by atoms with E-state index < -0.39 is 10.9 Å². The molecule has 0 unspecified atom stereocenters. The molecule has 0 radical (unpaired) electrons.